The molecule has 1 aliphatic rings. The van der Waals surface area contributed by atoms with Crippen molar-refractivity contribution in [2.75, 3.05) is 10.6 Å². The first kappa shape index (κ1) is 16.1. The van der Waals surface area contributed by atoms with Gasteiger partial charge in [-0.05, 0) is 35.7 Å². The average molecular weight is 324 g/mol. The maximum Gasteiger partial charge on any atom is 0.334 e. The van der Waals surface area contributed by atoms with Gasteiger partial charge < -0.3 is 15.4 Å². The minimum atomic E-state index is -0.685. The van der Waals surface area contributed by atoms with Crippen LogP contribution in [0, 0.1) is 0 Å². The molecule has 0 spiro atoms. The molecule has 0 saturated carbocycles. The number of hydrogen-bond acceptors (Lipinski definition) is 4. The number of esters is 1. The Morgan fingerprint density at radius 3 is 2.58 bits per heavy atom. The van der Waals surface area contributed by atoms with E-state index >= 15 is 0 Å². The zero-order valence-corrected chi connectivity index (χ0v) is 13.7. The molecule has 24 heavy (non-hydrogen) atoms. The maximum atomic E-state index is 12.2. The van der Waals surface area contributed by atoms with E-state index in [9.17, 15) is 9.59 Å². The van der Waals surface area contributed by atoms with Gasteiger partial charge in [0.25, 0.3) is 0 Å². The number of nitrogens with one attached hydrogen (secondary N) is 2. The monoisotopic (exact) mass is 324 g/mol. The van der Waals surface area contributed by atoms with E-state index in [-0.39, 0.29) is 12.3 Å². The number of fused-ring (bicyclic) bond motifs is 1. The van der Waals surface area contributed by atoms with Crippen molar-refractivity contribution in [3.63, 3.8) is 0 Å². The van der Waals surface area contributed by atoms with Crippen LogP contribution in [0.4, 0.5) is 11.4 Å². The Morgan fingerprint density at radius 2 is 1.88 bits per heavy atom. The van der Waals surface area contributed by atoms with Crippen molar-refractivity contribution in [1.82, 2.24) is 0 Å². The lowest BCUT2D eigenvalue weighted by molar-refractivity contribution is -0.137. The number of amides is 1. The standard InChI is InChI=1S/C19H20N2O3/c1-12(2)13-7-9-14(10-8-13)20-18(22)11-16-19(23)24-17-6-4-3-5-15(17)21-16/h3-10,12,16,21H,11H2,1-2H3,(H,20,22)/t16-/m0/s1. The van der Waals surface area contributed by atoms with Crippen LogP contribution in [-0.2, 0) is 9.59 Å². The molecule has 3 rings (SSSR count). The molecule has 1 atom stereocenters. The fraction of sp³-hybridized carbons (Fsp3) is 0.263. The molecular weight excluding hydrogens is 304 g/mol. The van der Waals surface area contributed by atoms with Crippen molar-refractivity contribution in [2.45, 2.75) is 32.2 Å². The minimum absolute atomic E-state index is 0.0130. The first-order valence-electron chi connectivity index (χ1n) is 8.00. The van der Waals surface area contributed by atoms with Gasteiger partial charge in [0.1, 0.15) is 6.04 Å². The molecule has 1 amide bonds. The van der Waals surface area contributed by atoms with E-state index in [1.807, 2.05) is 36.4 Å². The van der Waals surface area contributed by atoms with Gasteiger partial charge in [-0.3, -0.25) is 4.79 Å². The van der Waals surface area contributed by atoms with Crippen molar-refractivity contribution in [1.29, 1.82) is 0 Å². The number of carbonyl (C=O) groups excluding carboxylic acids is 2. The highest BCUT2D eigenvalue weighted by Crippen LogP contribution is 2.29. The fourth-order valence-electron chi connectivity index (χ4n) is 2.58. The third kappa shape index (κ3) is 3.56. The molecule has 5 nitrogen and oxygen atoms in total. The van der Waals surface area contributed by atoms with Crippen molar-refractivity contribution < 1.29 is 14.3 Å². The van der Waals surface area contributed by atoms with E-state index in [2.05, 4.69) is 24.5 Å². The number of benzene rings is 2. The summed E-state index contributed by atoms with van der Waals surface area (Å²) < 4.78 is 5.26. The topological polar surface area (TPSA) is 67.4 Å². The van der Waals surface area contributed by atoms with Gasteiger partial charge in [0.05, 0.1) is 12.1 Å². The van der Waals surface area contributed by atoms with Gasteiger partial charge in [0.2, 0.25) is 5.91 Å². The minimum Gasteiger partial charge on any atom is -0.423 e. The van der Waals surface area contributed by atoms with Gasteiger partial charge in [-0.1, -0.05) is 38.1 Å². The van der Waals surface area contributed by atoms with E-state index in [1.165, 1.54) is 5.56 Å². The molecule has 0 fully saturated rings. The third-order valence-electron chi connectivity index (χ3n) is 3.96. The van der Waals surface area contributed by atoms with E-state index in [1.54, 1.807) is 12.1 Å². The first-order valence-corrected chi connectivity index (χ1v) is 8.00. The maximum absolute atomic E-state index is 12.2. The average Bonchev–Trinajstić information content (AvgIpc) is 2.56. The highest BCUT2D eigenvalue weighted by molar-refractivity contribution is 5.97. The molecule has 0 bridgehead atoms. The summed E-state index contributed by atoms with van der Waals surface area (Å²) in [4.78, 5) is 24.2. The Kier molecular flexibility index (Phi) is 4.51. The smallest absolute Gasteiger partial charge is 0.334 e. The van der Waals surface area contributed by atoms with Crippen LogP contribution in [0.2, 0.25) is 0 Å². The predicted molar refractivity (Wildman–Crippen MR) is 93.3 cm³/mol. The van der Waals surface area contributed by atoms with E-state index < -0.39 is 12.0 Å². The zero-order chi connectivity index (χ0) is 17.1. The second-order valence-electron chi connectivity index (χ2n) is 6.14. The molecule has 0 unspecified atom stereocenters. The van der Waals surface area contributed by atoms with Gasteiger partial charge in [-0.15, -0.1) is 0 Å². The van der Waals surface area contributed by atoms with Crippen LogP contribution in [0.3, 0.4) is 0 Å². The molecule has 1 aliphatic heterocycles. The van der Waals surface area contributed by atoms with Crippen LogP contribution in [-0.4, -0.2) is 17.9 Å². The zero-order valence-electron chi connectivity index (χ0n) is 13.7. The summed E-state index contributed by atoms with van der Waals surface area (Å²) in [6.45, 7) is 4.23. The van der Waals surface area contributed by atoms with Gasteiger partial charge >= 0.3 is 5.97 Å². The van der Waals surface area contributed by atoms with Gasteiger partial charge in [-0.25, -0.2) is 4.79 Å². The van der Waals surface area contributed by atoms with Gasteiger partial charge in [0, 0.05) is 5.69 Å². The summed E-state index contributed by atoms with van der Waals surface area (Å²) in [5.74, 6) is 0.250. The van der Waals surface area contributed by atoms with Crippen molar-refractivity contribution in [2.24, 2.45) is 0 Å². The van der Waals surface area contributed by atoms with Gasteiger partial charge in [0.15, 0.2) is 5.75 Å². The molecule has 2 aromatic carbocycles. The summed E-state index contributed by atoms with van der Waals surface area (Å²) in [5.41, 5.74) is 2.65. The second-order valence-corrected chi connectivity index (χ2v) is 6.14. The number of anilines is 2. The Morgan fingerprint density at radius 1 is 1.17 bits per heavy atom. The van der Waals surface area contributed by atoms with E-state index in [0.717, 1.165) is 5.69 Å². The highest BCUT2D eigenvalue weighted by Gasteiger charge is 2.29. The van der Waals surface area contributed by atoms with Crippen molar-refractivity contribution in [3.8, 4) is 5.75 Å². The van der Waals surface area contributed by atoms with Gasteiger partial charge in [-0.2, -0.15) is 0 Å². The van der Waals surface area contributed by atoms with Crippen LogP contribution in [0.1, 0.15) is 31.7 Å². The molecule has 0 aromatic heterocycles. The second kappa shape index (κ2) is 6.74. The normalized spacial score (nSPS) is 16.1. The van der Waals surface area contributed by atoms with Crippen LogP contribution in [0.25, 0.3) is 0 Å². The summed E-state index contributed by atoms with van der Waals surface area (Å²) >= 11 is 0. The van der Waals surface area contributed by atoms with Crippen LogP contribution in [0.15, 0.2) is 48.5 Å². The lowest BCUT2D eigenvalue weighted by Crippen LogP contribution is -2.39. The molecule has 124 valence electrons. The van der Waals surface area contributed by atoms with Crippen molar-refractivity contribution in [3.05, 3.63) is 54.1 Å². The Balaban J connectivity index is 1.62. The van der Waals surface area contributed by atoms with Crippen molar-refractivity contribution >= 4 is 23.3 Å². The molecule has 2 N–H and O–H groups in total. The Bertz CT molecular complexity index is 753. The molecule has 1 heterocycles. The van der Waals surface area contributed by atoms with E-state index in [0.29, 0.717) is 17.4 Å². The summed E-state index contributed by atoms with van der Waals surface area (Å²) in [5, 5.41) is 5.87. The number of carbonyl (C=O) groups is 2. The van der Waals surface area contributed by atoms with Crippen LogP contribution in [0.5, 0.6) is 5.75 Å². The lowest BCUT2D eigenvalue weighted by Gasteiger charge is -2.25. The lowest BCUT2D eigenvalue weighted by atomic mass is 10.0. The van der Waals surface area contributed by atoms with Crippen LogP contribution < -0.4 is 15.4 Å². The summed E-state index contributed by atoms with van der Waals surface area (Å²) in [6.07, 6.45) is 0.0130. The summed E-state index contributed by atoms with van der Waals surface area (Å²) in [6, 6.07) is 14.2. The highest BCUT2D eigenvalue weighted by atomic mass is 16.5. The number of rotatable bonds is 4. The quantitative estimate of drug-likeness (QED) is 0.667. The SMILES string of the molecule is CC(C)c1ccc(NC(=O)C[C@@H]2Nc3ccccc3OC2=O)cc1. The Labute approximate surface area is 141 Å². The molecule has 0 saturated heterocycles. The predicted octanol–water partition coefficient (Wildman–Crippen LogP) is 3.54. The molecule has 0 radical (unpaired) electrons. The molecule has 2 aromatic rings. The van der Waals surface area contributed by atoms with E-state index in [4.69, 9.17) is 4.74 Å². The molecule has 0 aliphatic carbocycles. The van der Waals surface area contributed by atoms with Crippen LogP contribution >= 0.6 is 0 Å². The molecule has 5 heteroatoms. The molecular formula is C19H20N2O3. The third-order valence-corrected chi connectivity index (χ3v) is 3.96. The number of hydrogen-bond donors (Lipinski definition) is 2. The first-order chi connectivity index (χ1) is 11.5. The largest absolute Gasteiger partial charge is 0.423 e. The Hall–Kier alpha value is -2.82. The number of ether oxygens (including phenoxy) is 1. The number of para-hydroxylation sites is 2. The summed E-state index contributed by atoms with van der Waals surface area (Å²) in [7, 11) is 0. The fourth-order valence-corrected chi connectivity index (χ4v) is 2.58.